The topological polar surface area (TPSA) is 113 Å². The van der Waals surface area contributed by atoms with Crippen molar-refractivity contribution < 1.29 is 14.3 Å². The molecule has 0 aliphatic carbocycles. The number of aryl methyl sites for hydroxylation is 1. The molecule has 0 aliphatic rings. The van der Waals surface area contributed by atoms with Gasteiger partial charge in [-0.2, -0.15) is 0 Å². The molecule has 0 atom stereocenters. The van der Waals surface area contributed by atoms with Crippen LogP contribution in [0, 0.1) is 0 Å². The number of H-pyrrole nitrogens is 1. The lowest BCUT2D eigenvalue weighted by Gasteiger charge is -2.09. The van der Waals surface area contributed by atoms with Gasteiger partial charge >= 0.3 is 0 Å². The Morgan fingerprint density at radius 3 is 2.46 bits per heavy atom. The van der Waals surface area contributed by atoms with Crippen LogP contribution in [0.2, 0.25) is 5.02 Å². The molecule has 4 rings (SSSR count). The number of benzene rings is 3. The molecule has 0 unspecified atom stereocenters. The first-order valence-electron chi connectivity index (χ1n) is 11.0. The Labute approximate surface area is 206 Å². The standard InChI is InChI=1S/C26H23ClN4O4/c27-19-12-14-20(15-13-19)35-16-17-8-10-18(11-9-17)25(33)31-30-24(32)7-3-6-23-28-22-5-2-1-4-21(22)26(34)29-23/h1-2,4-5,8-15H,3,6-7,16H2,(H,30,32)(H,31,33)(H,28,29,34). The van der Waals surface area contributed by atoms with Crippen LogP contribution in [-0.4, -0.2) is 21.8 Å². The second-order valence-electron chi connectivity index (χ2n) is 7.83. The summed E-state index contributed by atoms with van der Waals surface area (Å²) in [7, 11) is 0. The van der Waals surface area contributed by atoms with E-state index in [9.17, 15) is 14.4 Å². The number of ether oxygens (including phenoxy) is 1. The van der Waals surface area contributed by atoms with Crippen LogP contribution in [0.25, 0.3) is 10.9 Å². The lowest BCUT2D eigenvalue weighted by Crippen LogP contribution is -2.41. The van der Waals surface area contributed by atoms with Gasteiger partial charge in [0.2, 0.25) is 5.91 Å². The summed E-state index contributed by atoms with van der Waals surface area (Å²) in [5.74, 6) is 0.450. The summed E-state index contributed by atoms with van der Waals surface area (Å²) in [5.41, 5.74) is 6.52. The smallest absolute Gasteiger partial charge is 0.269 e. The third kappa shape index (κ3) is 6.68. The number of nitrogens with one attached hydrogen (secondary N) is 3. The number of hydrazine groups is 1. The number of aromatic amines is 1. The molecule has 4 aromatic rings. The maximum Gasteiger partial charge on any atom is 0.269 e. The largest absolute Gasteiger partial charge is 0.489 e. The summed E-state index contributed by atoms with van der Waals surface area (Å²) < 4.78 is 5.68. The second-order valence-corrected chi connectivity index (χ2v) is 8.26. The van der Waals surface area contributed by atoms with Gasteiger partial charge in [0.1, 0.15) is 18.2 Å². The van der Waals surface area contributed by atoms with E-state index in [1.807, 2.05) is 6.07 Å². The van der Waals surface area contributed by atoms with Crippen LogP contribution in [0.5, 0.6) is 5.75 Å². The van der Waals surface area contributed by atoms with E-state index in [-0.39, 0.29) is 17.9 Å². The summed E-state index contributed by atoms with van der Waals surface area (Å²) >= 11 is 5.86. The molecule has 35 heavy (non-hydrogen) atoms. The number of nitrogens with zero attached hydrogens (tertiary/aromatic N) is 1. The number of fused-ring (bicyclic) bond motifs is 1. The number of hydrogen-bond acceptors (Lipinski definition) is 5. The normalized spacial score (nSPS) is 10.7. The Morgan fingerprint density at radius 1 is 0.943 bits per heavy atom. The summed E-state index contributed by atoms with van der Waals surface area (Å²) in [6.45, 7) is 0.345. The van der Waals surface area contributed by atoms with Crippen molar-refractivity contribution in [3.8, 4) is 5.75 Å². The van der Waals surface area contributed by atoms with Crippen molar-refractivity contribution >= 4 is 34.3 Å². The summed E-state index contributed by atoms with van der Waals surface area (Å²) in [6, 6.07) is 21.0. The van der Waals surface area contributed by atoms with Gasteiger partial charge in [0.15, 0.2) is 0 Å². The Bertz CT molecular complexity index is 1390. The van der Waals surface area contributed by atoms with Crippen molar-refractivity contribution in [1.29, 1.82) is 0 Å². The Kier molecular flexibility index (Phi) is 7.74. The van der Waals surface area contributed by atoms with E-state index in [1.165, 1.54) is 0 Å². The van der Waals surface area contributed by atoms with Crippen molar-refractivity contribution in [2.24, 2.45) is 0 Å². The van der Waals surface area contributed by atoms with Gasteiger partial charge in [0.05, 0.1) is 10.9 Å². The number of halogens is 1. The van der Waals surface area contributed by atoms with E-state index in [0.29, 0.717) is 52.5 Å². The van der Waals surface area contributed by atoms with Crippen molar-refractivity contribution in [3.63, 3.8) is 0 Å². The third-order valence-corrected chi connectivity index (χ3v) is 5.48. The van der Waals surface area contributed by atoms with Gasteiger partial charge in [-0.05, 0) is 60.5 Å². The number of carbonyl (C=O) groups is 2. The quantitative estimate of drug-likeness (QED) is 0.324. The summed E-state index contributed by atoms with van der Waals surface area (Å²) in [4.78, 5) is 43.7. The number of rotatable bonds is 8. The molecule has 2 amide bonds. The Hall–Kier alpha value is -4.17. The van der Waals surface area contributed by atoms with Crippen LogP contribution in [0.3, 0.4) is 0 Å². The number of carbonyl (C=O) groups excluding carboxylic acids is 2. The molecule has 0 aliphatic heterocycles. The minimum atomic E-state index is -0.427. The molecular weight excluding hydrogens is 468 g/mol. The zero-order valence-electron chi connectivity index (χ0n) is 18.7. The van der Waals surface area contributed by atoms with Crippen LogP contribution < -0.4 is 21.1 Å². The molecule has 178 valence electrons. The molecule has 1 heterocycles. The van der Waals surface area contributed by atoms with Crippen molar-refractivity contribution in [2.45, 2.75) is 25.9 Å². The maximum atomic E-state index is 12.3. The van der Waals surface area contributed by atoms with E-state index < -0.39 is 5.91 Å². The van der Waals surface area contributed by atoms with E-state index >= 15 is 0 Å². The molecule has 1 aromatic heterocycles. The fourth-order valence-corrected chi connectivity index (χ4v) is 3.51. The number of hydrogen-bond donors (Lipinski definition) is 3. The van der Waals surface area contributed by atoms with Crippen LogP contribution in [0.15, 0.2) is 77.6 Å². The van der Waals surface area contributed by atoms with Gasteiger partial charge in [-0.25, -0.2) is 4.98 Å². The lowest BCUT2D eigenvalue weighted by atomic mass is 10.1. The van der Waals surface area contributed by atoms with Crippen molar-refractivity contribution in [1.82, 2.24) is 20.8 Å². The lowest BCUT2D eigenvalue weighted by molar-refractivity contribution is -0.121. The first kappa shape index (κ1) is 24.0. The number of para-hydroxylation sites is 1. The molecule has 0 spiro atoms. The number of aromatic nitrogens is 2. The summed E-state index contributed by atoms with van der Waals surface area (Å²) in [6.07, 6.45) is 1.06. The van der Waals surface area contributed by atoms with Crippen LogP contribution in [-0.2, 0) is 17.8 Å². The zero-order valence-corrected chi connectivity index (χ0v) is 19.5. The van der Waals surface area contributed by atoms with Crippen molar-refractivity contribution in [3.05, 3.63) is 105 Å². The number of amides is 2. The molecule has 0 saturated heterocycles. The zero-order chi connectivity index (χ0) is 24.6. The molecule has 8 nitrogen and oxygen atoms in total. The minimum absolute atomic E-state index is 0.164. The monoisotopic (exact) mass is 490 g/mol. The highest BCUT2D eigenvalue weighted by Crippen LogP contribution is 2.17. The molecule has 3 aromatic carbocycles. The van der Waals surface area contributed by atoms with Gasteiger partial charge in [0, 0.05) is 23.4 Å². The Balaban J connectivity index is 1.20. The fraction of sp³-hybridized carbons (Fsp3) is 0.154. The van der Waals surface area contributed by atoms with Gasteiger partial charge in [-0.1, -0.05) is 35.9 Å². The van der Waals surface area contributed by atoms with E-state index in [0.717, 1.165) is 5.56 Å². The van der Waals surface area contributed by atoms with Gasteiger partial charge in [-0.15, -0.1) is 0 Å². The van der Waals surface area contributed by atoms with E-state index in [1.54, 1.807) is 66.7 Å². The molecule has 0 radical (unpaired) electrons. The van der Waals surface area contributed by atoms with Gasteiger partial charge < -0.3 is 9.72 Å². The fourth-order valence-electron chi connectivity index (χ4n) is 3.38. The first-order chi connectivity index (χ1) is 17.0. The Morgan fingerprint density at radius 2 is 1.69 bits per heavy atom. The predicted octanol–water partition coefficient (Wildman–Crippen LogP) is 3.94. The minimum Gasteiger partial charge on any atom is -0.489 e. The van der Waals surface area contributed by atoms with Crippen LogP contribution >= 0.6 is 11.6 Å². The third-order valence-electron chi connectivity index (χ3n) is 5.23. The highest BCUT2D eigenvalue weighted by Gasteiger charge is 2.09. The molecular formula is C26H23ClN4O4. The first-order valence-corrected chi connectivity index (χ1v) is 11.4. The molecule has 0 bridgehead atoms. The average molecular weight is 491 g/mol. The van der Waals surface area contributed by atoms with Crippen LogP contribution in [0.4, 0.5) is 0 Å². The molecule has 0 saturated carbocycles. The van der Waals surface area contributed by atoms with Crippen molar-refractivity contribution in [2.75, 3.05) is 0 Å². The highest BCUT2D eigenvalue weighted by atomic mass is 35.5. The van der Waals surface area contributed by atoms with E-state index in [2.05, 4.69) is 20.8 Å². The predicted molar refractivity (Wildman–Crippen MR) is 133 cm³/mol. The molecule has 9 heteroatoms. The highest BCUT2D eigenvalue weighted by molar-refractivity contribution is 6.30. The SMILES string of the molecule is O=C(CCCc1nc2ccccc2c(=O)[nH]1)NNC(=O)c1ccc(COc2ccc(Cl)cc2)cc1. The molecule has 0 fully saturated rings. The average Bonchev–Trinajstić information content (AvgIpc) is 2.87. The van der Waals surface area contributed by atoms with Crippen LogP contribution in [0.1, 0.15) is 34.6 Å². The maximum absolute atomic E-state index is 12.3. The van der Waals surface area contributed by atoms with Gasteiger partial charge in [0.25, 0.3) is 11.5 Å². The van der Waals surface area contributed by atoms with Gasteiger partial charge in [-0.3, -0.25) is 25.2 Å². The van der Waals surface area contributed by atoms with E-state index in [4.69, 9.17) is 16.3 Å². The summed E-state index contributed by atoms with van der Waals surface area (Å²) in [5, 5.41) is 1.16. The molecule has 3 N–H and O–H groups in total. The second kappa shape index (κ2) is 11.3.